The number of aliphatic carboxylic acids is 1. The average molecular weight is 383 g/mol. The van der Waals surface area contributed by atoms with Gasteiger partial charge in [-0.1, -0.05) is 70.5 Å². The van der Waals surface area contributed by atoms with Crippen LogP contribution in [0.3, 0.4) is 0 Å². The van der Waals surface area contributed by atoms with Crippen molar-refractivity contribution in [3.05, 3.63) is 58.7 Å². The lowest BCUT2D eigenvalue weighted by molar-refractivity contribution is -0.139. The van der Waals surface area contributed by atoms with E-state index in [1.54, 1.807) is 0 Å². The molecule has 0 fully saturated rings. The molecule has 152 valence electrons. The average Bonchev–Trinajstić information content (AvgIpc) is 2.64. The molecule has 0 aromatic heterocycles. The lowest BCUT2D eigenvalue weighted by Crippen LogP contribution is -2.20. The lowest BCUT2D eigenvalue weighted by Gasteiger charge is -2.26. The minimum atomic E-state index is -0.815. The van der Waals surface area contributed by atoms with Gasteiger partial charge in [0.2, 0.25) is 0 Å². The number of rotatable bonds is 8. The Bertz CT molecular complexity index is 815. The summed E-state index contributed by atoms with van der Waals surface area (Å²) in [7, 11) is 0. The molecule has 2 rings (SSSR count). The van der Waals surface area contributed by atoms with Gasteiger partial charge < -0.3 is 10.2 Å². The van der Waals surface area contributed by atoms with E-state index >= 15 is 0 Å². The van der Waals surface area contributed by atoms with Gasteiger partial charge in [-0.25, -0.2) is 0 Å². The molecule has 0 radical (unpaired) electrons. The number of carboxylic acids is 1. The highest BCUT2D eigenvalue weighted by Crippen LogP contribution is 2.39. The van der Waals surface area contributed by atoms with Gasteiger partial charge in [-0.3, -0.25) is 4.79 Å². The second-order valence-electron chi connectivity index (χ2n) is 8.94. The summed E-state index contributed by atoms with van der Waals surface area (Å²) in [6.45, 7) is 10.4. The molecule has 2 N–H and O–H groups in total. The van der Waals surface area contributed by atoms with Crippen molar-refractivity contribution in [2.75, 3.05) is 0 Å². The molecule has 0 amide bonds. The monoisotopic (exact) mass is 382 g/mol. The van der Waals surface area contributed by atoms with Gasteiger partial charge >= 0.3 is 5.97 Å². The van der Waals surface area contributed by atoms with Crippen LogP contribution in [0.4, 0.5) is 0 Å². The summed E-state index contributed by atoms with van der Waals surface area (Å²) in [4.78, 5) is 12.2. The maximum Gasteiger partial charge on any atom is 0.311 e. The molecule has 2 aromatic carbocycles. The number of benzene rings is 2. The maximum absolute atomic E-state index is 12.2. The predicted molar refractivity (Wildman–Crippen MR) is 116 cm³/mol. The van der Waals surface area contributed by atoms with E-state index in [0.29, 0.717) is 6.42 Å². The summed E-state index contributed by atoms with van der Waals surface area (Å²) >= 11 is 0. The van der Waals surface area contributed by atoms with Crippen molar-refractivity contribution in [1.29, 1.82) is 0 Å². The molecule has 0 spiro atoms. The molecule has 2 aromatic rings. The molecule has 0 aliphatic carbocycles. The summed E-state index contributed by atoms with van der Waals surface area (Å²) in [6.07, 6.45) is 3.81. The molecular weight excluding hydrogens is 348 g/mol. The highest BCUT2D eigenvalue weighted by molar-refractivity contribution is 5.82. The lowest BCUT2D eigenvalue weighted by atomic mass is 9.78. The molecule has 3 nitrogen and oxygen atoms in total. The van der Waals surface area contributed by atoms with Gasteiger partial charge in [0.1, 0.15) is 0 Å². The van der Waals surface area contributed by atoms with Crippen LogP contribution in [-0.4, -0.2) is 16.2 Å². The Balaban J connectivity index is 2.65. The van der Waals surface area contributed by atoms with Gasteiger partial charge in [0.25, 0.3) is 0 Å². The van der Waals surface area contributed by atoms with E-state index in [0.717, 1.165) is 41.5 Å². The summed E-state index contributed by atoms with van der Waals surface area (Å²) in [5.74, 6) is -1.42. The molecule has 28 heavy (non-hydrogen) atoms. The molecule has 0 bridgehead atoms. The molecule has 1 atom stereocenters. The third-order valence-corrected chi connectivity index (χ3v) is 5.28. The number of unbranched alkanes of at least 4 members (excludes halogenated alkanes) is 1. The van der Waals surface area contributed by atoms with E-state index in [9.17, 15) is 15.0 Å². The fourth-order valence-electron chi connectivity index (χ4n) is 3.80. The number of aryl methyl sites for hydroxylation is 2. The van der Waals surface area contributed by atoms with Crippen molar-refractivity contribution in [3.63, 3.8) is 0 Å². The Kier molecular flexibility index (Phi) is 7.42. The van der Waals surface area contributed by atoms with E-state index in [-0.39, 0.29) is 12.0 Å². The van der Waals surface area contributed by atoms with Crippen molar-refractivity contribution < 1.29 is 15.0 Å². The van der Waals surface area contributed by atoms with Crippen LogP contribution >= 0.6 is 0 Å². The summed E-state index contributed by atoms with van der Waals surface area (Å²) in [5, 5.41) is 20.0. The van der Waals surface area contributed by atoms with Crippen molar-refractivity contribution in [2.45, 2.75) is 72.8 Å². The molecule has 0 aliphatic rings. The predicted octanol–water partition coefficient (Wildman–Crippen LogP) is 6.10. The molecule has 1 unspecified atom stereocenters. The van der Waals surface area contributed by atoms with E-state index in [1.807, 2.05) is 18.2 Å². The number of carbonyl (C=O) groups is 1. The van der Waals surface area contributed by atoms with Crippen LogP contribution in [0.1, 0.15) is 75.1 Å². The molecule has 3 heteroatoms. The van der Waals surface area contributed by atoms with Crippen LogP contribution in [0.15, 0.2) is 36.4 Å². The van der Waals surface area contributed by atoms with Gasteiger partial charge in [-0.05, 0) is 65.0 Å². The highest BCUT2D eigenvalue weighted by atomic mass is 16.4. The normalized spacial score (nSPS) is 12.8. The zero-order chi connectivity index (χ0) is 20.9. The number of aliphatic hydroxyl groups is 1. The second-order valence-corrected chi connectivity index (χ2v) is 8.94. The Labute approximate surface area is 169 Å². The fraction of sp³-hybridized carbons (Fsp3) is 0.480. The number of hydrogen-bond acceptors (Lipinski definition) is 2. The first-order valence-electron chi connectivity index (χ1n) is 10.2. The first kappa shape index (κ1) is 22.2. The van der Waals surface area contributed by atoms with Crippen molar-refractivity contribution in [2.24, 2.45) is 5.41 Å². The molecule has 0 saturated heterocycles. The number of carboxylic acid groups (broad SMARTS) is 1. The quantitative estimate of drug-likeness (QED) is 0.580. The van der Waals surface area contributed by atoms with Gasteiger partial charge in [0.15, 0.2) is 0 Å². The Morgan fingerprint density at radius 1 is 1.11 bits per heavy atom. The zero-order valence-electron chi connectivity index (χ0n) is 17.9. The van der Waals surface area contributed by atoms with Crippen LogP contribution in [0.2, 0.25) is 0 Å². The summed E-state index contributed by atoms with van der Waals surface area (Å²) < 4.78 is 0. The highest BCUT2D eigenvalue weighted by Gasteiger charge is 2.29. The minimum Gasteiger partial charge on any atom is -0.481 e. The Hall–Kier alpha value is -2.13. The third kappa shape index (κ3) is 5.45. The summed E-state index contributed by atoms with van der Waals surface area (Å²) in [5.41, 5.74) is 5.87. The fourth-order valence-corrected chi connectivity index (χ4v) is 3.80. The van der Waals surface area contributed by atoms with E-state index in [4.69, 9.17) is 0 Å². The van der Waals surface area contributed by atoms with Crippen LogP contribution in [0.25, 0.3) is 11.1 Å². The SMILES string of the molecule is CCCCc1cc(-c2c(CO)cccc2C(CC(C)(C)C)C(=O)O)ccc1C. The first-order chi connectivity index (χ1) is 13.2. The van der Waals surface area contributed by atoms with Crippen LogP contribution in [0.5, 0.6) is 0 Å². The first-order valence-corrected chi connectivity index (χ1v) is 10.2. The van der Waals surface area contributed by atoms with Crippen molar-refractivity contribution in [3.8, 4) is 11.1 Å². The molecule has 0 aliphatic heterocycles. The Morgan fingerprint density at radius 2 is 1.82 bits per heavy atom. The standard InChI is InChI=1S/C25H34O3/c1-6-7-9-18-14-19(13-12-17(18)2)23-20(16-26)10-8-11-21(23)22(24(27)28)15-25(3,4)5/h8,10-14,22,26H,6-7,9,15-16H2,1-5H3,(H,27,28). The topological polar surface area (TPSA) is 57.5 Å². The van der Waals surface area contributed by atoms with Crippen LogP contribution in [-0.2, 0) is 17.8 Å². The van der Waals surface area contributed by atoms with Crippen molar-refractivity contribution in [1.82, 2.24) is 0 Å². The smallest absolute Gasteiger partial charge is 0.311 e. The van der Waals surface area contributed by atoms with Gasteiger partial charge in [0.05, 0.1) is 12.5 Å². The van der Waals surface area contributed by atoms with Crippen molar-refractivity contribution >= 4 is 5.97 Å². The second kappa shape index (κ2) is 9.38. The zero-order valence-corrected chi connectivity index (χ0v) is 17.9. The van der Waals surface area contributed by atoms with Gasteiger partial charge in [-0.2, -0.15) is 0 Å². The third-order valence-electron chi connectivity index (χ3n) is 5.28. The molecular formula is C25H34O3. The Morgan fingerprint density at radius 3 is 2.39 bits per heavy atom. The van der Waals surface area contributed by atoms with E-state index in [2.05, 4.69) is 52.8 Å². The number of aliphatic hydroxyl groups excluding tert-OH is 1. The van der Waals surface area contributed by atoms with Crippen LogP contribution < -0.4 is 0 Å². The minimum absolute atomic E-state index is 0.108. The molecule has 0 saturated carbocycles. The maximum atomic E-state index is 12.2. The molecule has 0 heterocycles. The van der Waals surface area contributed by atoms with Gasteiger partial charge in [0, 0.05) is 0 Å². The van der Waals surface area contributed by atoms with E-state index < -0.39 is 11.9 Å². The largest absolute Gasteiger partial charge is 0.481 e. The van der Waals surface area contributed by atoms with E-state index in [1.165, 1.54) is 11.1 Å². The van der Waals surface area contributed by atoms with Crippen LogP contribution in [0, 0.1) is 12.3 Å². The van der Waals surface area contributed by atoms with Gasteiger partial charge in [-0.15, -0.1) is 0 Å². The summed E-state index contributed by atoms with van der Waals surface area (Å²) in [6, 6.07) is 12.0. The number of hydrogen-bond donors (Lipinski definition) is 2.